The summed E-state index contributed by atoms with van der Waals surface area (Å²) in [7, 11) is 0. The van der Waals surface area contributed by atoms with Gasteiger partial charge in [-0.2, -0.15) is 0 Å². The molecule has 1 heterocycles. The van der Waals surface area contributed by atoms with E-state index < -0.39 is 5.41 Å². The quantitative estimate of drug-likeness (QED) is 0.863. The van der Waals surface area contributed by atoms with Crippen LogP contribution in [0, 0.1) is 5.41 Å². The van der Waals surface area contributed by atoms with Gasteiger partial charge in [0.05, 0.1) is 12.6 Å². The second-order valence-electron chi connectivity index (χ2n) is 5.50. The Morgan fingerprint density at radius 2 is 1.84 bits per heavy atom. The van der Waals surface area contributed by atoms with Gasteiger partial charge in [-0.3, -0.25) is 14.6 Å². The zero-order valence-electron chi connectivity index (χ0n) is 11.9. The number of pyridine rings is 1. The highest BCUT2D eigenvalue weighted by Gasteiger charge is 2.21. The van der Waals surface area contributed by atoms with Crippen molar-refractivity contribution in [3.63, 3.8) is 0 Å². The number of aromatic nitrogens is 1. The molecule has 0 saturated heterocycles. The number of carbonyl (C=O) groups is 2. The predicted octanol–water partition coefficient (Wildman–Crippen LogP) is 1.42. The van der Waals surface area contributed by atoms with Gasteiger partial charge in [0.1, 0.15) is 0 Å². The molecule has 5 nitrogen and oxygen atoms in total. The third-order valence-electron chi connectivity index (χ3n) is 2.67. The van der Waals surface area contributed by atoms with E-state index in [2.05, 4.69) is 15.6 Å². The highest BCUT2D eigenvalue weighted by atomic mass is 16.2. The van der Waals surface area contributed by atoms with Crippen LogP contribution in [0.2, 0.25) is 0 Å². The molecule has 0 aromatic carbocycles. The summed E-state index contributed by atoms with van der Waals surface area (Å²) in [5, 5.41) is 5.44. The SMILES string of the molecule is CC(NC(=O)CNC(=O)C(C)(C)C)c1ccncc1. The van der Waals surface area contributed by atoms with Gasteiger partial charge in [0.15, 0.2) is 0 Å². The topological polar surface area (TPSA) is 71.1 Å². The smallest absolute Gasteiger partial charge is 0.239 e. The van der Waals surface area contributed by atoms with Crippen LogP contribution in [0.3, 0.4) is 0 Å². The minimum absolute atomic E-state index is 0.00841. The highest BCUT2D eigenvalue weighted by Crippen LogP contribution is 2.12. The Morgan fingerprint density at radius 1 is 1.26 bits per heavy atom. The van der Waals surface area contributed by atoms with E-state index in [0.29, 0.717) is 0 Å². The molecule has 0 saturated carbocycles. The van der Waals surface area contributed by atoms with E-state index in [1.54, 1.807) is 33.2 Å². The van der Waals surface area contributed by atoms with Gasteiger partial charge in [-0.05, 0) is 24.6 Å². The van der Waals surface area contributed by atoms with Crippen LogP contribution in [0.4, 0.5) is 0 Å². The Balaban J connectivity index is 2.42. The lowest BCUT2D eigenvalue weighted by Crippen LogP contribution is -2.42. The van der Waals surface area contributed by atoms with Gasteiger partial charge in [-0.15, -0.1) is 0 Å². The van der Waals surface area contributed by atoms with E-state index in [4.69, 9.17) is 0 Å². The molecule has 0 aliphatic carbocycles. The molecule has 0 aliphatic heterocycles. The van der Waals surface area contributed by atoms with Gasteiger partial charge in [0, 0.05) is 17.8 Å². The van der Waals surface area contributed by atoms with Crippen molar-refractivity contribution in [2.45, 2.75) is 33.7 Å². The lowest BCUT2D eigenvalue weighted by atomic mass is 9.96. The second-order valence-corrected chi connectivity index (χ2v) is 5.50. The summed E-state index contributed by atoms with van der Waals surface area (Å²) in [6.07, 6.45) is 3.36. The molecule has 2 amide bonds. The number of rotatable bonds is 4. The average molecular weight is 263 g/mol. The third-order valence-corrected chi connectivity index (χ3v) is 2.67. The van der Waals surface area contributed by atoms with Crippen molar-refractivity contribution in [3.8, 4) is 0 Å². The maximum atomic E-state index is 11.7. The Labute approximate surface area is 113 Å². The first-order valence-corrected chi connectivity index (χ1v) is 6.28. The Bertz CT molecular complexity index is 438. The highest BCUT2D eigenvalue weighted by molar-refractivity contribution is 5.87. The molecule has 19 heavy (non-hydrogen) atoms. The third kappa shape index (κ3) is 5.07. The number of hydrogen-bond donors (Lipinski definition) is 2. The summed E-state index contributed by atoms with van der Waals surface area (Å²) in [5.41, 5.74) is 0.488. The number of hydrogen-bond acceptors (Lipinski definition) is 3. The molecule has 0 spiro atoms. The molecule has 1 atom stereocenters. The van der Waals surface area contributed by atoms with E-state index in [1.807, 2.05) is 19.1 Å². The minimum Gasteiger partial charge on any atom is -0.348 e. The number of nitrogens with one attached hydrogen (secondary N) is 2. The fourth-order valence-electron chi connectivity index (χ4n) is 1.45. The molecule has 5 heteroatoms. The van der Waals surface area contributed by atoms with Crippen molar-refractivity contribution in [2.75, 3.05) is 6.54 Å². The van der Waals surface area contributed by atoms with E-state index in [9.17, 15) is 9.59 Å². The lowest BCUT2D eigenvalue weighted by molar-refractivity contribution is -0.131. The van der Waals surface area contributed by atoms with Crippen molar-refractivity contribution in [3.05, 3.63) is 30.1 Å². The van der Waals surface area contributed by atoms with Gasteiger partial charge >= 0.3 is 0 Å². The molecule has 1 aromatic heterocycles. The summed E-state index contributed by atoms with van der Waals surface area (Å²) >= 11 is 0. The molecule has 0 radical (unpaired) electrons. The van der Waals surface area contributed by atoms with Crippen LogP contribution in [0.5, 0.6) is 0 Å². The fourth-order valence-corrected chi connectivity index (χ4v) is 1.45. The van der Waals surface area contributed by atoms with Crippen molar-refractivity contribution in [2.24, 2.45) is 5.41 Å². The van der Waals surface area contributed by atoms with Crippen LogP contribution in [0.25, 0.3) is 0 Å². The van der Waals surface area contributed by atoms with E-state index in [0.717, 1.165) is 5.56 Å². The maximum absolute atomic E-state index is 11.7. The molecule has 2 N–H and O–H groups in total. The molecule has 1 aromatic rings. The predicted molar refractivity (Wildman–Crippen MR) is 73.3 cm³/mol. The molecule has 104 valence electrons. The zero-order chi connectivity index (χ0) is 14.5. The van der Waals surface area contributed by atoms with Gasteiger partial charge in [0.2, 0.25) is 11.8 Å². The van der Waals surface area contributed by atoms with Gasteiger partial charge in [0.25, 0.3) is 0 Å². The zero-order valence-corrected chi connectivity index (χ0v) is 11.9. The molecular formula is C14H21N3O2. The van der Waals surface area contributed by atoms with Gasteiger partial charge in [-0.25, -0.2) is 0 Å². The second kappa shape index (κ2) is 6.31. The standard InChI is InChI=1S/C14H21N3O2/c1-10(11-5-7-15-8-6-11)17-12(18)9-16-13(19)14(2,3)4/h5-8,10H,9H2,1-4H3,(H,16,19)(H,17,18). The molecule has 0 bridgehead atoms. The first-order valence-electron chi connectivity index (χ1n) is 6.28. The van der Waals surface area contributed by atoms with Crippen LogP contribution >= 0.6 is 0 Å². The van der Waals surface area contributed by atoms with Crippen molar-refractivity contribution in [1.82, 2.24) is 15.6 Å². The minimum atomic E-state index is -0.489. The van der Waals surface area contributed by atoms with E-state index in [-0.39, 0.29) is 24.4 Å². The van der Waals surface area contributed by atoms with Crippen molar-refractivity contribution >= 4 is 11.8 Å². The van der Waals surface area contributed by atoms with E-state index in [1.165, 1.54) is 0 Å². The van der Waals surface area contributed by atoms with E-state index >= 15 is 0 Å². The van der Waals surface area contributed by atoms with Gasteiger partial charge in [-0.1, -0.05) is 20.8 Å². The molecule has 1 unspecified atom stereocenters. The van der Waals surface area contributed by atoms with Crippen LogP contribution in [0.15, 0.2) is 24.5 Å². The largest absolute Gasteiger partial charge is 0.348 e. The van der Waals surface area contributed by atoms with Crippen molar-refractivity contribution < 1.29 is 9.59 Å². The van der Waals surface area contributed by atoms with Crippen LogP contribution in [-0.2, 0) is 9.59 Å². The summed E-state index contributed by atoms with van der Waals surface area (Å²) < 4.78 is 0. The summed E-state index contributed by atoms with van der Waals surface area (Å²) in [5.74, 6) is -0.346. The molecule has 0 aliphatic rings. The molecular weight excluding hydrogens is 242 g/mol. The monoisotopic (exact) mass is 263 g/mol. The Morgan fingerprint density at radius 3 is 2.37 bits per heavy atom. The average Bonchev–Trinajstić information content (AvgIpc) is 2.35. The normalized spacial score (nSPS) is 12.6. The number of nitrogens with zero attached hydrogens (tertiary/aromatic N) is 1. The molecule has 0 fully saturated rings. The maximum Gasteiger partial charge on any atom is 0.239 e. The van der Waals surface area contributed by atoms with Crippen molar-refractivity contribution in [1.29, 1.82) is 0 Å². The van der Waals surface area contributed by atoms with Crippen LogP contribution < -0.4 is 10.6 Å². The number of amides is 2. The summed E-state index contributed by atoms with van der Waals surface area (Å²) in [6.45, 7) is 7.30. The molecule has 1 rings (SSSR count). The summed E-state index contributed by atoms with van der Waals surface area (Å²) in [6, 6.07) is 3.58. The number of carbonyl (C=O) groups excluding carboxylic acids is 2. The Hall–Kier alpha value is -1.91. The lowest BCUT2D eigenvalue weighted by Gasteiger charge is -2.18. The van der Waals surface area contributed by atoms with Gasteiger partial charge < -0.3 is 10.6 Å². The van der Waals surface area contributed by atoms with Crippen LogP contribution in [-0.4, -0.2) is 23.3 Å². The Kier molecular flexibility index (Phi) is 5.03. The summed E-state index contributed by atoms with van der Waals surface area (Å²) in [4.78, 5) is 27.3. The first-order chi connectivity index (χ1) is 8.80. The first kappa shape index (κ1) is 15.1. The fraction of sp³-hybridized carbons (Fsp3) is 0.500. The van der Waals surface area contributed by atoms with Crippen LogP contribution in [0.1, 0.15) is 39.3 Å².